The molecular formula is C14H19N3O3. The van der Waals surface area contributed by atoms with Crippen LogP contribution >= 0.6 is 0 Å². The van der Waals surface area contributed by atoms with E-state index in [1.165, 1.54) is 12.1 Å². The van der Waals surface area contributed by atoms with Gasteiger partial charge in [-0.25, -0.2) is 0 Å². The normalized spacial score (nSPS) is 18.2. The van der Waals surface area contributed by atoms with E-state index in [9.17, 15) is 14.9 Å². The molecule has 0 saturated carbocycles. The van der Waals surface area contributed by atoms with Gasteiger partial charge in [-0.05, 0) is 25.5 Å². The lowest BCUT2D eigenvalue weighted by atomic mass is 10.1. The predicted molar refractivity (Wildman–Crippen MR) is 75.5 cm³/mol. The van der Waals surface area contributed by atoms with Crippen LogP contribution in [0.4, 0.5) is 5.69 Å². The van der Waals surface area contributed by atoms with E-state index in [1.54, 1.807) is 12.1 Å². The third kappa shape index (κ3) is 3.33. The number of hydrogen-bond acceptors (Lipinski definition) is 4. The summed E-state index contributed by atoms with van der Waals surface area (Å²) in [6.45, 7) is 1.57. The first-order chi connectivity index (χ1) is 9.61. The Morgan fingerprint density at radius 1 is 1.55 bits per heavy atom. The minimum absolute atomic E-state index is 0.0310. The zero-order valence-electron chi connectivity index (χ0n) is 11.5. The highest BCUT2D eigenvalue weighted by molar-refractivity contribution is 5.79. The van der Waals surface area contributed by atoms with E-state index in [0.717, 1.165) is 25.9 Å². The van der Waals surface area contributed by atoms with Crippen molar-refractivity contribution in [2.75, 3.05) is 20.1 Å². The Morgan fingerprint density at radius 2 is 2.35 bits per heavy atom. The summed E-state index contributed by atoms with van der Waals surface area (Å²) in [4.78, 5) is 24.5. The van der Waals surface area contributed by atoms with Crippen LogP contribution in [0, 0.1) is 10.1 Å². The molecule has 108 valence electrons. The molecule has 0 spiro atoms. The maximum atomic E-state index is 12.3. The lowest BCUT2D eigenvalue weighted by molar-refractivity contribution is -0.384. The Labute approximate surface area is 117 Å². The average Bonchev–Trinajstić information content (AvgIpc) is 2.88. The summed E-state index contributed by atoms with van der Waals surface area (Å²) in [5.41, 5.74) is 0.725. The second kappa shape index (κ2) is 6.47. The fourth-order valence-corrected chi connectivity index (χ4v) is 2.67. The zero-order valence-corrected chi connectivity index (χ0v) is 11.5. The highest BCUT2D eigenvalue weighted by Gasteiger charge is 2.27. The topological polar surface area (TPSA) is 75.5 Å². The number of nitro benzene ring substituents is 1. The first-order valence-electron chi connectivity index (χ1n) is 6.79. The summed E-state index contributed by atoms with van der Waals surface area (Å²) in [5, 5.41) is 13.8. The van der Waals surface area contributed by atoms with Crippen molar-refractivity contribution in [1.29, 1.82) is 0 Å². The molecule has 6 nitrogen and oxygen atoms in total. The Balaban J connectivity index is 2.04. The molecule has 2 rings (SSSR count). The van der Waals surface area contributed by atoms with Crippen molar-refractivity contribution in [3.63, 3.8) is 0 Å². The van der Waals surface area contributed by atoms with Gasteiger partial charge in [-0.1, -0.05) is 12.1 Å². The number of likely N-dealkylation sites (N-methyl/N-ethyl adjacent to an activating group) is 1. The molecule has 20 heavy (non-hydrogen) atoms. The molecule has 1 heterocycles. The molecule has 0 radical (unpaired) electrons. The average molecular weight is 277 g/mol. The van der Waals surface area contributed by atoms with E-state index in [-0.39, 0.29) is 24.1 Å². The Morgan fingerprint density at radius 3 is 3.05 bits per heavy atom. The van der Waals surface area contributed by atoms with Gasteiger partial charge in [-0.15, -0.1) is 0 Å². The third-order valence-electron chi connectivity index (χ3n) is 3.61. The van der Waals surface area contributed by atoms with Crippen LogP contribution in [0.1, 0.15) is 18.4 Å². The Kier molecular flexibility index (Phi) is 4.68. The highest BCUT2D eigenvalue weighted by Crippen LogP contribution is 2.19. The van der Waals surface area contributed by atoms with Crippen LogP contribution < -0.4 is 5.32 Å². The smallest absolute Gasteiger partial charge is 0.269 e. The number of nitro groups is 1. The van der Waals surface area contributed by atoms with E-state index >= 15 is 0 Å². The van der Waals surface area contributed by atoms with Crippen molar-refractivity contribution in [3.8, 4) is 0 Å². The minimum Gasteiger partial charge on any atom is -0.338 e. The molecule has 1 N–H and O–H groups in total. The monoisotopic (exact) mass is 277 g/mol. The fourth-order valence-electron chi connectivity index (χ4n) is 2.67. The molecule has 1 unspecified atom stereocenters. The van der Waals surface area contributed by atoms with Gasteiger partial charge >= 0.3 is 0 Å². The molecule has 1 aliphatic rings. The van der Waals surface area contributed by atoms with Crippen LogP contribution in [-0.2, 0) is 11.2 Å². The van der Waals surface area contributed by atoms with Crippen molar-refractivity contribution in [2.24, 2.45) is 0 Å². The number of nitrogens with one attached hydrogen (secondary N) is 1. The van der Waals surface area contributed by atoms with Gasteiger partial charge in [0.1, 0.15) is 0 Å². The summed E-state index contributed by atoms with van der Waals surface area (Å²) in [5.74, 6) is 0.0447. The minimum atomic E-state index is -0.437. The van der Waals surface area contributed by atoms with Crippen LogP contribution in [0.2, 0.25) is 0 Å². The Bertz CT molecular complexity index is 504. The number of amides is 1. The van der Waals surface area contributed by atoms with Gasteiger partial charge in [-0.3, -0.25) is 14.9 Å². The molecule has 1 saturated heterocycles. The number of likely N-dealkylation sites (tertiary alicyclic amines) is 1. The van der Waals surface area contributed by atoms with Crippen LogP contribution in [0.3, 0.4) is 0 Å². The maximum Gasteiger partial charge on any atom is 0.269 e. The highest BCUT2D eigenvalue weighted by atomic mass is 16.6. The van der Waals surface area contributed by atoms with Gasteiger partial charge in [0.15, 0.2) is 0 Å². The Hall–Kier alpha value is -1.95. The number of hydrogen-bond donors (Lipinski definition) is 1. The number of benzene rings is 1. The van der Waals surface area contributed by atoms with Crippen LogP contribution in [0.25, 0.3) is 0 Å². The van der Waals surface area contributed by atoms with Crippen LogP contribution in [0.15, 0.2) is 24.3 Å². The first kappa shape index (κ1) is 14.5. The SMILES string of the molecule is CNCC1CCCN1C(=O)Cc1cccc([N+](=O)[O-])c1. The second-order valence-corrected chi connectivity index (χ2v) is 5.04. The van der Waals surface area contributed by atoms with Gasteiger partial charge in [0.05, 0.1) is 11.3 Å². The zero-order chi connectivity index (χ0) is 14.5. The molecule has 0 aromatic heterocycles. The van der Waals surface area contributed by atoms with E-state index in [4.69, 9.17) is 0 Å². The molecule has 1 atom stereocenters. The first-order valence-corrected chi connectivity index (χ1v) is 6.79. The van der Waals surface area contributed by atoms with Gasteiger partial charge in [0.25, 0.3) is 5.69 Å². The lowest BCUT2D eigenvalue weighted by Crippen LogP contribution is -2.41. The lowest BCUT2D eigenvalue weighted by Gasteiger charge is -2.24. The fraction of sp³-hybridized carbons (Fsp3) is 0.500. The van der Waals surface area contributed by atoms with Crippen molar-refractivity contribution >= 4 is 11.6 Å². The summed E-state index contributed by atoms with van der Waals surface area (Å²) in [7, 11) is 1.88. The quantitative estimate of drug-likeness (QED) is 0.651. The molecule has 1 aliphatic heterocycles. The summed E-state index contributed by atoms with van der Waals surface area (Å²) >= 11 is 0. The van der Waals surface area contributed by atoms with Crippen LogP contribution in [0.5, 0.6) is 0 Å². The van der Waals surface area contributed by atoms with Crippen molar-refractivity contribution in [3.05, 3.63) is 39.9 Å². The predicted octanol–water partition coefficient (Wildman–Crippen LogP) is 1.35. The molecule has 0 aliphatic carbocycles. The van der Waals surface area contributed by atoms with Crippen molar-refractivity contribution < 1.29 is 9.72 Å². The molecule has 1 aromatic carbocycles. The maximum absolute atomic E-state index is 12.3. The molecular weight excluding hydrogens is 258 g/mol. The van der Waals surface area contributed by atoms with Gasteiger partial charge < -0.3 is 10.2 Å². The van der Waals surface area contributed by atoms with E-state index in [2.05, 4.69) is 5.32 Å². The third-order valence-corrected chi connectivity index (χ3v) is 3.61. The van der Waals surface area contributed by atoms with E-state index in [1.807, 2.05) is 11.9 Å². The van der Waals surface area contributed by atoms with Gasteiger partial charge in [-0.2, -0.15) is 0 Å². The number of carbonyl (C=O) groups excluding carboxylic acids is 1. The van der Waals surface area contributed by atoms with Gasteiger partial charge in [0.2, 0.25) is 5.91 Å². The number of carbonyl (C=O) groups is 1. The number of nitrogens with zero attached hydrogens (tertiary/aromatic N) is 2. The van der Waals surface area contributed by atoms with Crippen molar-refractivity contribution in [1.82, 2.24) is 10.2 Å². The number of rotatable bonds is 5. The summed E-state index contributed by atoms with van der Waals surface area (Å²) < 4.78 is 0. The molecule has 1 aromatic rings. The van der Waals surface area contributed by atoms with Gasteiger partial charge in [0, 0.05) is 31.3 Å². The summed E-state index contributed by atoms with van der Waals surface area (Å²) in [6.07, 6.45) is 2.26. The molecule has 1 amide bonds. The second-order valence-electron chi connectivity index (χ2n) is 5.04. The standard InChI is InChI=1S/C14H19N3O3/c1-15-10-13-6-3-7-16(13)14(18)9-11-4-2-5-12(8-11)17(19)20/h2,4-5,8,13,15H,3,6-7,9-10H2,1H3. The molecule has 1 fully saturated rings. The van der Waals surface area contributed by atoms with Crippen LogP contribution in [-0.4, -0.2) is 41.9 Å². The summed E-state index contributed by atoms with van der Waals surface area (Å²) in [6, 6.07) is 6.53. The van der Waals surface area contributed by atoms with E-state index < -0.39 is 4.92 Å². The number of non-ortho nitro benzene ring substituents is 1. The van der Waals surface area contributed by atoms with Crippen molar-refractivity contribution in [2.45, 2.75) is 25.3 Å². The largest absolute Gasteiger partial charge is 0.338 e. The van der Waals surface area contributed by atoms with E-state index in [0.29, 0.717) is 5.56 Å². The molecule has 0 bridgehead atoms. The molecule has 6 heteroatoms.